The second-order valence-electron chi connectivity index (χ2n) is 5.76. The molecule has 1 saturated carbocycles. The fourth-order valence-electron chi connectivity index (χ4n) is 3.29. The summed E-state index contributed by atoms with van der Waals surface area (Å²) in [5, 5.41) is 8.91. The molecule has 21 heavy (non-hydrogen) atoms. The van der Waals surface area contributed by atoms with Gasteiger partial charge in [-0.2, -0.15) is 0 Å². The van der Waals surface area contributed by atoms with Crippen molar-refractivity contribution in [2.45, 2.75) is 52.0 Å². The van der Waals surface area contributed by atoms with Gasteiger partial charge in [-0.05, 0) is 38.3 Å². The van der Waals surface area contributed by atoms with Gasteiger partial charge < -0.3 is 10.3 Å². The molecular formula is C15H20N4OS. The molecule has 5 nitrogen and oxygen atoms in total. The van der Waals surface area contributed by atoms with Crippen LogP contribution in [0.15, 0.2) is 10.9 Å². The number of nitrogen functional groups attached to an aromatic ring is 1. The molecule has 0 aromatic carbocycles. The Morgan fingerprint density at radius 2 is 1.95 bits per heavy atom. The number of aromatic nitrogens is 3. The van der Waals surface area contributed by atoms with E-state index in [1.807, 2.05) is 18.4 Å². The predicted molar refractivity (Wildman–Crippen MR) is 85.6 cm³/mol. The average Bonchev–Trinajstić information content (AvgIpc) is 2.85. The summed E-state index contributed by atoms with van der Waals surface area (Å²) >= 11 is 1.27. The molecule has 1 aliphatic carbocycles. The van der Waals surface area contributed by atoms with E-state index in [-0.39, 0.29) is 5.56 Å². The first-order valence-electron chi connectivity index (χ1n) is 7.40. The molecule has 0 spiro atoms. The molecule has 0 saturated heterocycles. The number of nitrogens with zero attached hydrogens (tertiary/aromatic N) is 3. The molecule has 0 unspecified atom stereocenters. The normalized spacial score (nSPS) is 16.3. The molecule has 0 aliphatic heterocycles. The van der Waals surface area contributed by atoms with Gasteiger partial charge in [-0.15, -0.1) is 10.2 Å². The van der Waals surface area contributed by atoms with Crippen LogP contribution in [0.2, 0.25) is 0 Å². The van der Waals surface area contributed by atoms with Gasteiger partial charge in [0.05, 0.1) is 5.56 Å². The maximum atomic E-state index is 13.0. The van der Waals surface area contributed by atoms with Crippen LogP contribution in [-0.2, 0) is 0 Å². The standard InChI is InChI=1S/C15H20N4OS/c1-9-8-10(2)19(11-6-4-3-5-7-11)14(20)12(9)13-17-18-15(16)21-13/h8,11H,3-7H2,1-2H3,(H2,16,18). The molecule has 2 heterocycles. The van der Waals surface area contributed by atoms with E-state index < -0.39 is 0 Å². The van der Waals surface area contributed by atoms with Crippen LogP contribution < -0.4 is 11.3 Å². The second-order valence-corrected chi connectivity index (χ2v) is 6.77. The van der Waals surface area contributed by atoms with Gasteiger partial charge >= 0.3 is 0 Å². The van der Waals surface area contributed by atoms with Crippen molar-refractivity contribution in [2.75, 3.05) is 5.73 Å². The van der Waals surface area contributed by atoms with Crippen LogP contribution in [0.1, 0.15) is 49.4 Å². The third kappa shape index (κ3) is 2.60. The number of rotatable bonds is 2. The lowest BCUT2D eigenvalue weighted by Crippen LogP contribution is -2.30. The van der Waals surface area contributed by atoms with Crippen molar-refractivity contribution in [1.82, 2.24) is 14.8 Å². The van der Waals surface area contributed by atoms with Crippen LogP contribution in [0.25, 0.3) is 10.6 Å². The van der Waals surface area contributed by atoms with Gasteiger partial charge in [-0.25, -0.2) is 0 Å². The first-order valence-corrected chi connectivity index (χ1v) is 8.21. The molecule has 2 aromatic rings. The summed E-state index contributed by atoms with van der Waals surface area (Å²) in [7, 11) is 0. The summed E-state index contributed by atoms with van der Waals surface area (Å²) in [4.78, 5) is 13.0. The Balaban J connectivity index is 2.15. The highest BCUT2D eigenvalue weighted by Crippen LogP contribution is 2.30. The Morgan fingerprint density at radius 1 is 1.24 bits per heavy atom. The lowest BCUT2D eigenvalue weighted by atomic mass is 9.94. The number of hydrogen-bond acceptors (Lipinski definition) is 5. The van der Waals surface area contributed by atoms with Gasteiger partial charge in [0.2, 0.25) is 5.13 Å². The monoisotopic (exact) mass is 304 g/mol. The molecule has 0 bridgehead atoms. The lowest BCUT2D eigenvalue weighted by molar-refractivity contribution is 0.342. The topological polar surface area (TPSA) is 73.8 Å². The summed E-state index contributed by atoms with van der Waals surface area (Å²) in [6.45, 7) is 3.97. The molecule has 2 N–H and O–H groups in total. The predicted octanol–water partition coefficient (Wildman–Crippen LogP) is 3.07. The Morgan fingerprint density at radius 3 is 2.57 bits per heavy atom. The number of hydrogen-bond donors (Lipinski definition) is 1. The van der Waals surface area contributed by atoms with Gasteiger partial charge in [0.15, 0.2) is 5.01 Å². The molecule has 3 rings (SSSR count). The molecule has 0 amide bonds. The van der Waals surface area contributed by atoms with Crippen molar-refractivity contribution in [3.8, 4) is 10.6 Å². The van der Waals surface area contributed by atoms with Crippen LogP contribution in [-0.4, -0.2) is 14.8 Å². The third-order valence-corrected chi connectivity index (χ3v) is 5.00. The lowest BCUT2D eigenvalue weighted by Gasteiger charge is -2.26. The molecule has 0 atom stereocenters. The molecule has 1 aliphatic rings. The Kier molecular flexibility index (Phi) is 3.80. The van der Waals surface area contributed by atoms with Crippen LogP contribution in [0.5, 0.6) is 0 Å². The maximum Gasteiger partial charge on any atom is 0.261 e. The second kappa shape index (κ2) is 5.60. The molecule has 6 heteroatoms. The quantitative estimate of drug-likeness (QED) is 0.925. The van der Waals surface area contributed by atoms with E-state index >= 15 is 0 Å². The van der Waals surface area contributed by atoms with Crippen molar-refractivity contribution in [3.63, 3.8) is 0 Å². The van der Waals surface area contributed by atoms with Gasteiger partial charge in [0, 0.05) is 11.7 Å². The van der Waals surface area contributed by atoms with Crippen LogP contribution in [0.3, 0.4) is 0 Å². The zero-order valence-electron chi connectivity index (χ0n) is 12.4. The molecule has 2 aromatic heterocycles. The van der Waals surface area contributed by atoms with Gasteiger partial charge in [-0.1, -0.05) is 30.6 Å². The van der Waals surface area contributed by atoms with Gasteiger partial charge in [0.25, 0.3) is 5.56 Å². The SMILES string of the molecule is Cc1cc(C)n(C2CCCCC2)c(=O)c1-c1nnc(N)s1. The molecule has 112 valence electrons. The Hall–Kier alpha value is -1.69. The highest BCUT2D eigenvalue weighted by molar-refractivity contribution is 7.18. The molecule has 1 fully saturated rings. The van der Waals surface area contributed by atoms with E-state index in [2.05, 4.69) is 16.3 Å². The van der Waals surface area contributed by atoms with Crippen molar-refractivity contribution in [1.29, 1.82) is 0 Å². The minimum Gasteiger partial charge on any atom is -0.374 e. The molecule has 0 radical (unpaired) electrons. The molecular weight excluding hydrogens is 284 g/mol. The summed E-state index contributed by atoms with van der Waals surface area (Å²) in [5.41, 5.74) is 8.35. The smallest absolute Gasteiger partial charge is 0.261 e. The van der Waals surface area contributed by atoms with Crippen molar-refractivity contribution < 1.29 is 0 Å². The zero-order valence-corrected chi connectivity index (χ0v) is 13.2. The summed E-state index contributed by atoms with van der Waals surface area (Å²) in [5.74, 6) is 0. The first-order chi connectivity index (χ1) is 10.1. The van der Waals surface area contributed by atoms with E-state index in [1.54, 1.807) is 0 Å². The Labute approximate surface area is 127 Å². The number of nitrogens with two attached hydrogens (primary N) is 1. The van der Waals surface area contributed by atoms with Crippen molar-refractivity contribution in [2.24, 2.45) is 0 Å². The van der Waals surface area contributed by atoms with Gasteiger partial charge in [-0.3, -0.25) is 4.79 Å². The maximum absolute atomic E-state index is 13.0. The van der Waals surface area contributed by atoms with E-state index in [0.29, 0.717) is 21.7 Å². The summed E-state index contributed by atoms with van der Waals surface area (Å²) < 4.78 is 1.96. The largest absolute Gasteiger partial charge is 0.374 e. The fourth-order valence-corrected chi connectivity index (χ4v) is 4.00. The van der Waals surface area contributed by atoms with Gasteiger partial charge in [0.1, 0.15) is 0 Å². The van der Waals surface area contributed by atoms with Crippen molar-refractivity contribution in [3.05, 3.63) is 27.7 Å². The van der Waals surface area contributed by atoms with Crippen LogP contribution in [0.4, 0.5) is 5.13 Å². The first kappa shape index (κ1) is 14.3. The summed E-state index contributed by atoms with van der Waals surface area (Å²) in [6, 6.07) is 2.39. The van der Waals surface area contributed by atoms with E-state index in [9.17, 15) is 4.79 Å². The van der Waals surface area contributed by atoms with Crippen LogP contribution >= 0.6 is 11.3 Å². The van der Waals surface area contributed by atoms with Crippen LogP contribution in [0, 0.1) is 13.8 Å². The highest BCUT2D eigenvalue weighted by Gasteiger charge is 2.22. The highest BCUT2D eigenvalue weighted by atomic mass is 32.1. The Bertz CT molecular complexity index is 713. The average molecular weight is 304 g/mol. The zero-order chi connectivity index (χ0) is 15.0. The third-order valence-electron chi connectivity index (χ3n) is 4.23. The number of anilines is 1. The van der Waals surface area contributed by atoms with E-state index in [4.69, 9.17) is 5.73 Å². The number of pyridine rings is 1. The minimum absolute atomic E-state index is 0.0514. The van der Waals surface area contributed by atoms with Crippen molar-refractivity contribution >= 4 is 16.5 Å². The fraction of sp³-hybridized carbons (Fsp3) is 0.533. The number of aryl methyl sites for hydroxylation is 2. The summed E-state index contributed by atoms with van der Waals surface area (Å²) in [6.07, 6.45) is 5.84. The van der Waals surface area contributed by atoms with E-state index in [0.717, 1.165) is 24.1 Å². The minimum atomic E-state index is 0.0514. The van der Waals surface area contributed by atoms with E-state index in [1.165, 1.54) is 30.6 Å².